The minimum atomic E-state index is -3.37. The van der Waals surface area contributed by atoms with Gasteiger partial charge in [0, 0.05) is 6.07 Å². The van der Waals surface area contributed by atoms with Gasteiger partial charge in [-0.1, -0.05) is 20.8 Å². The molecular formula is C14H23NO3S. The van der Waals surface area contributed by atoms with Gasteiger partial charge in [0.1, 0.15) is 5.75 Å². The monoisotopic (exact) mass is 285 g/mol. The molecule has 0 aliphatic carbocycles. The lowest BCUT2D eigenvalue weighted by atomic mass is 9.94. The summed E-state index contributed by atoms with van der Waals surface area (Å²) in [7, 11) is -3.37. The van der Waals surface area contributed by atoms with E-state index in [4.69, 9.17) is 10.5 Å². The molecule has 0 bridgehead atoms. The molecule has 0 aliphatic heterocycles. The molecule has 108 valence electrons. The van der Waals surface area contributed by atoms with Gasteiger partial charge in [0.05, 0.1) is 22.9 Å². The van der Waals surface area contributed by atoms with Crippen LogP contribution in [0.25, 0.3) is 0 Å². The van der Waals surface area contributed by atoms with Crippen LogP contribution in [0.15, 0.2) is 23.1 Å². The maximum absolute atomic E-state index is 12.3. The summed E-state index contributed by atoms with van der Waals surface area (Å²) in [6.45, 7) is 8.39. The van der Waals surface area contributed by atoms with E-state index in [2.05, 4.69) is 0 Å². The van der Waals surface area contributed by atoms with Crippen molar-refractivity contribution in [1.82, 2.24) is 0 Å². The molecule has 0 unspecified atom stereocenters. The van der Waals surface area contributed by atoms with Crippen molar-refractivity contribution in [3.63, 3.8) is 0 Å². The minimum Gasteiger partial charge on any atom is -0.494 e. The van der Waals surface area contributed by atoms with Crippen molar-refractivity contribution in [3.8, 4) is 5.75 Å². The number of hydrogen-bond acceptors (Lipinski definition) is 4. The summed E-state index contributed by atoms with van der Waals surface area (Å²) in [5.41, 5.74) is 6.02. The third-order valence-electron chi connectivity index (χ3n) is 2.75. The first-order valence-electron chi connectivity index (χ1n) is 6.41. The standard InChI is InChI=1S/C14H23NO3S/c1-5-18-11-6-7-12(15)13(10-11)19(16,17)9-8-14(2,3)4/h6-7,10H,5,8-9,15H2,1-4H3. The molecule has 1 aromatic carbocycles. The average Bonchev–Trinajstić information content (AvgIpc) is 2.29. The molecular weight excluding hydrogens is 262 g/mol. The molecule has 0 saturated heterocycles. The zero-order valence-corrected chi connectivity index (χ0v) is 12.9. The van der Waals surface area contributed by atoms with Crippen LogP contribution in [0, 0.1) is 5.41 Å². The molecule has 1 aromatic rings. The summed E-state index contributed by atoms with van der Waals surface area (Å²) in [4.78, 5) is 0.169. The lowest BCUT2D eigenvalue weighted by Crippen LogP contribution is -2.16. The summed E-state index contributed by atoms with van der Waals surface area (Å²) in [5, 5.41) is 0. The van der Waals surface area contributed by atoms with Crippen LogP contribution in [-0.2, 0) is 9.84 Å². The number of benzene rings is 1. The van der Waals surface area contributed by atoms with Gasteiger partial charge in [0.25, 0.3) is 0 Å². The van der Waals surface area contributed by atoms with Crippen molar-refractivity contribution in [3.05, 3.63) is 18.2 Å². The van der Waals surface area contributed by atoms with Crippen molar-refractivity contribution in [1.29, 1.82) is 0 Å². The van der Waals surface area contributed by atoms with Gasteiger partial charge < -0.3 is 10.5 Å². The van der Waals surface area contributed by atoms with E-state index in [9.17, 15) is 8.42 Å². The van der Waals surface area contributed by atoms with Gasteiger partial charge in [-0.3, -0.25) is 0 Å². The van der Waals surface area contributed by atoms with Crippen molar-refractivity contribution in [2.75, 3.05) is 18.1 Å². The van der Waals surface area contributed by atoms with Crippen molar-refractivity contribution < 1.29 is 13.2 Å². The molecule has 0 atom stereocenters. The van der Waals surface area contributed by atoms with Gasteiger partial charge in [-0.15, -0.1) is 0 Å². The van der Waals surface area contributed by atoms with Crippen molar-refractivity contribution in [2.24, 2.45) is 5.41 Å². The SMILES string of the molecule is CCOc1ccc(N)c(S(=O)(=O)CCC(C)(C)C)c1. The highest BCUT2D eigenvalue weighted by atomic mass is 32.2. The maximum atomic E-state index is 12.3. The van der Waals surface area contributed by atoms with Crippen LogP contribution < -0.4 is 10.5 Å². The smallest absolute Gasteiger partial charge is 0.180 e. The Bertz CT molecular complexity index is 530. The van der Waals surface area contributed by atoms with E-state index in [0.29, 0.717) is 18.8 Å². The number of rotatable bonds is 5. The fourth-order valence-corrected chi connectivity index (χ4v) is 3.41. The molecule has 1 rings (SSSR count). The normalized spacial score (nSPS) is 12.4. The number of nitrogens with two attached hydrogens (primary N) is 1. The second kappa shape index (κ2) is 5.82. The van der Waals surface area contributed by atoms with Crippen LogP contribution in [0.1, 0.15) is 34.1 Å². The van der Waals surface area contributed by atoms with E-state index in [0.717, 1.165) is 0 Å². The fraction of sp³-hybridized carbons (Fsp3) is 0.571. The van der Waals surface area contributed by atoms with Crippen LogP contribution in [0.2, 0.25) is 0 Å². The second-order valence-corrected chi connectivity index (χ2v) is 7.84. The van der Waals surface area contributed by atoms with Crippen LogP contribution >= 0.6 is 0 Å². The molecule has 0 fully saturated rings. The first-order valence-corrected chi connectivity index (χ1v) is 8.06. The fourth-order valence-electron chi connectivity index (χ4n) is 1.59. The Kier molecular flexibility index (Phi) is 4.85. The van der Waals surface area contributed by atoms with E-state index in [1.807, 2.05) is 27.7 Å². The minimum absolute atomic E-state index is 0.0284. The second-order valence-electron chi connectivity index (χ2n) is 5.76. The van der Waals surface area contributed by atoms with E-state index in [-0.39, 0.29) is 21.8 Å². The molecule has 0 radical (unpaired) electrons. The van der Waals surface area contributed by atoms with E-state index in [1.54, 1.807) is 12.1 Å². The summed E-state index contributed by atoms with van der Waals surface area (Å²) in [6.07, 6.45) is 0.591. The number of sulfone groups is 1. The van der Waals surface area contributed by atoms with E-state index in [1.165, 1.54) is 6.07 Å². The highest BCUT2D eigenvalue weighted by Gasteiger charge is 2.22. The Morgan fingerprint density at radius 1 is 1.26 bits per heavy atom. The third-order valence-corrected chi connectivity index (χ3v) is 4.52. The predicted octanol–water partition coefficient (Wildman–Crippen LogP) is 2.88. The Balaban J connectivity index is 3.03. The summed E-state index contributed by atoms with van der Waals surface area (Å²) >= 11 is 0. The van der Waals surface area contributed by atoms with Crippen molar-refractivity contribution >= 4 is 15.5 Å². The maximum Gasteiger partial charge on any atom is 0.180 e. The zero-order valence-electron chi connectivity index (χ0n) is 12.1. The largest absolute Gasteiger partial charge is 0.494 e. The Morgan fingerprint density at radius 2 is 1.89 bits per heavy atom. The number of nitrogen functional groups attached to an aromatic ring is 1. The molecule has 0 amide bonds. The van der Waals surface area contributed by atoms with Gasteiger partial charge in [-0.2, -0.15) is 0 Å². The molecule has 0 saturated carbocycles. The molecule has 0 heterocycles. The highest BCUT2D eigenvalue weighted by Crippen LogP contribution is 2.28. The van der Waals surface area contributed by atoms with Crippen LogP contribution in [0.3, 0.4) is 0 Å². The van der Waals surface area contributed by atoms with Gasteiger partial charge in [0.2, 0.25) is 0 Å². The predicted molar refractivity (Wildman–Crippen MR) is 78.1 cm³/mol. The lowest BCUT2D eigenvalue weighted by Gasteiger charge is -2.18. The molecule has 0 spiro atoms. The number of ether oxygens (including phenoxy) is 1. The molecule has 2 N–H and O–H groups in total. The first-order chi connectivity index (χ1) is 8.65. The van der Waals surface area contributed by atoms with Crippen molar-refractivity contribution in [2.45, 2.75) is 39.0 Å². The van der Waals surface area contributed by atoms with Gasteiger partial charge >= 0.3 is 0 Å². The first kappa shape index (κ1) is 15.8. The van der Waals surface area contributed by atoms with Gasteiger partial charge in [0.15, 0.2) is 9.84 Å². The molecule has 5 heteroatoms. The Labute approximate surface area is 115 Å². The third kappa shape index (κ3) is 4.74. The zero-order chi connectivity index (χ0) is 14.7. The van der Waals surface area contributed by atoms with Crippen LogP contribution in [0.5, 0.6) is 5.75 Å². The van der Waals surface area contributed by atoms with Gasteiger partial charge in [-0.25, -0.2) is 8.42 Å². The summed E-state index contributed by atoms with van der Waals surface area (Å²) in [5.74, 6) is 0.627. The summed E-state index contributed by atoms with van der Waals surface area (Å²) < 4.78 is 30.0. The molecule has 0 aliphatic rings. The molecule has 4 nitrogen and oxygen atoms in total. The van der Waals surface area contributed by atoms with Crippen LogP contribution in [-0.4, -0.2) is 20.8 Å². The Hall–Kier alpha value is -1.23. The summed E-state index contributed by atoms with van der Waals surface area (Å²) in [6, 6.07) is 4.77. The van der Waals surface area contributed by atoms with Crippen LogP contribution in [0.4, 0.5) is 5.69 Å². The highest BCUT2D eigenvalue weighted by molar-refractivity contribution is 7.91. The van der Waals surface area contributed by atoms with E-state index >= 15 is 0 Å². The van der Waals surface area contributed by atoms with E-state index < -0.39 is 9.84 Å². The lowest BCUT2D eigenvalue weighted by molar-refractivity contribution is 0.339. The average molecular weight is 285 g/mol. The number of anilines is 1. The Morgan fingerprint density at radius 3 is 2.42 bits per heavy atom. The topological polar surface area (TPSA) is 69.4 Å². The molecule has 0 aromatic heterocycles. The molecule has 19 heavy (non-hydrogen) atoms. The number of hydrogen-bond donors (Lipinski definition) is 1. The quantitative estimate of drug-likeness (QED) is 0.845. The van der Waals surface area contributed by atoms with Gasteiger partial charge in [-0.05, 0) is 30.9 Å².